The molecule has 0 saturated carbocycles. The number of carbonyl (C=O) groups is 1. The first kappa shape index (κ1) is 13.5. The topological polar surface area (TPSA) is 38.8 Å². The standard InChI is InChI=1S/C17H17NO3/c1-20-15-7-4-5-13(9-15)10-18-11-14-6-2-3-8-16(14)21-12-17(18)19/h2-9H,10-12H2,1H3. The minimum absolute atomic E-state index is 0.00554. The quantitative estimate of drug-likeness (QED) is 0.869. The zero-order chi connectivity index (χ0) is 14.7. The summed E-state index contributed by atoms with van der Waals surface area (Å²) in [7, 11) is 1.64. The molecule has 0 unspecified atom stereocenters. The molecular formula is C17H17NO3. The molecule has 0 spiro atoms. The predicted octanol–water partition coefficient (Wildman–Crippen LogP) is 2.62. The van der Waals surface area contributed by atoms with E-state index in [0.717, 1.165) is 22.6 Å². The van der Waals surface area contributed by atoms with E-state index in [9.17, 15) is 4.79 Å². The summed E-state index contributed by atoms with van der Waals surface area (Å²) in [6.45, 7) is 1.20. The fraction of sp³-hybridized carbons (Fsp3) is 0.235. The third kappa shape index (κ3) is 2.99. The number of carbonyl (C=O) groups excluding carboxylic acids is 1. The van der Waals surface area contributed by atoms with Crippen LogP contribution in [0.2, 0.25) is 0 Å². The van der Waals surface area contributed by atoms with Crippen molar-refractivity contribution in [3.63, 3.8) is 0 Å². The van der Waals surface area contributed by atoms with Crippen LogP contribution in [-0.4, -0.2) is 24.5 Å². The van der Waals surface area contributed by atoms with Crippen LogP contribution >= 0.6 is 0 Å². The molecule has 108 valence electrons. The smallest absolute Gasteiger partial charge is 0.261 e. The molecule has 1 amide bonds. The molecule has 21 heavy (non-hydrogen) atoms. The van der Waals surface area contributed by atoms with Gasteiger partial charge < -0.3 is 14.4 Å². The molecule has 1 aliphatic heterocycles. The molecule has 1 aliphatic rings. The van der Waals surface area contributed by atoms with Crippen molar-refractivity contribution in [1.82, 2.24) is 4.90 Å². The van der Waals surface area contributed by atoms with Crippen LogP contribution in [0.15, 0.2) is 48.5 Å². The van der Waals surface area contributed by atoms with Crippen molar-refractivity contribution in [2.75, 3.05) is 13.7 Å². The van der Waals surface area contributed by atoms with Crippen molar-refractivity contribution >= 4 is 5.91 Å². The van der Waals surface area contributed by atoms with Crippen LogP contribution in [0.1, 0.15) is 11.1 Å². The fourth-order valence-electron chi connectivity index (χ4n) is 2.44. The van der Waals surface area contributed by atoms with Gasteiger partial charge in [0.25, 0.3) is 5.91 Å². The Morgan fingerprint density at radius 2 is 2.05 bits per heavy atom. The molecule has 0 bridgehead atoms. The Hall–Kier alpha value is -2.49. The Labute approximate surface area is 123 Å². The van der Waals surface area contributed by atoms with E-state index in [4.69, 9.17) is 9.47 Å². The molecular weight excluding hydrogens is 266 g/mol. The molecule has 0 saturated heterocycles. The molecule has 0 N–H and O–H groups in total. The van der Waals surface area contributed by atoms with Crippen molar-refractivity contribution in [1.29, 1.82) is 0 Å². The minimum atomic E-state index is -0.00554. The predicted molar refractivity (Wildman–Crippen MR) is 79.2 cm³/mol. The van der Waals surface area contributed by atoms with Gasteiger partial charge in [-0.15, -0.1) is 0 Å². The number of benzene rings is 2. The van der Waals surface area contributed by atoms with E-state index in [1.54, 1.807) is 12.0 Å². The van der Waals surface area contributed by atoms with Crippen LogP contribution < -0.4 is 9.47 Å². The van der Waals surface area contributed by atoms with Crippen molar-refractivity contribution in [3.05, 3.63) is 59.7 Å². The molecule has 2 aromatic carbocycles. The Morgan fingerprint density at radius 3 is 2.90 bits per heavy atom. The number of ether oxygens (including phenoxy) is 2. The lowest BCUT2D eigenvalue weighted by Gasteiger charge is -2.20. The second kappa shape index (κ2) is 5.87. The van der Waals surface area contributed by atoms with E-state index >= 15 is 0 Å². The van der Waals surface area contributed by atoms with Crippen molar-refractivity contribution < 1.29 is 14.3 Å². The van der Waals surface area contributed by atoms with Gasteiger partial charge in [-0.05, 0) is 23.8 Å². The fourth-order valence-corrected chi connectivity index (χ4v) is 2.44. The van der Waals surface area contributed by atoms with Gasteiger partial charge in [0.15, 0.2) is 6.61 Å². The van der Waals surface area contributed by atoms with Gasteiger partial charge in [-0.2, -0.15) is 0 Å². The van der Waals surface area contributed by atoms with Gasteiger partial charge in [0, 0.05) is 18.7 Å². The van der Waals surface area contributed by atoms with Gasteiger partial charge in [0.2, 0.25) is 0 Å². The van der Waals surface area contributed by atoms with E-state index in [1.807, 2.05) is 48.5 Å². The van der Waals surface area contributed by atoms with Crippen LogP contribution in [0.25, 0.3) is 0 Å². The molecule has 0 aromatic heterocycles. The molecule has 0 fully saturated rings. The lowest BCUT2D eigenvalue weighted by molar-refractivity contribution is -0.133. The first-order chi connectivity index (χ1) is 10.3. The first-order valence-corrected chi connectivity index (χ1v) is 6.87. The maximum absolute atomic E-state index is 12.2. The summed E-state index contributed by atoms with van der Waals surface area (Å²) in [5.74, 6) is 1.58. The van der Waals surface area contributed by atoms with Crippen LogP contribution in [0.3, 0.4) is 0 Å². The van der Waals surface area contributed by atoms with Gasteiger partial charge in [0.05, 0.1) is 7.11 Å². The maximum Gasteiger partial charge on any atom is 0.261 e. The largest absolute Gasteiger partial charge is 0.497 e. The van der Waals surface area contributed by atoms with E-state index in [-0.39, 0.29) is 12.5 Å². The second-order valence-electron chi connectivity index (χ2n) is 5.00. The second-order valence-corrected chi connectivity index (χ2v) is 5.00. The summed E-state index contributed by atoms with van der Waals surface area (Å²) >= 11 is 0. The molecule has 3 rings (SSSR count). The highest BCUT2D eigenvalue weighted by Gasteiger charge is 2.21. The van der Waals surface area contributed by atoms with Gasteiger partial charge in [-0.1, -0.05) is 30.3 Å². The summed E-state index contributed by atoms with van der Waals surface area (Å²) in [6, 6.07) is 15.5. The zero-order valence-electron chi connectivity index (χ0n) is 11.9. The summed E-state index contributed by atoms with van der Waals surface area (Å²) < 4.78 is 10.8. The van der Waals surface area contributed by atoms with Crippen LogP contribution in [0, 0.1) is 0 Å². The molecule has 0 aliphatic carbocycles. The Balaban J connectivity index is 1.82. The number of hydrogen-bond donors (Lipinski definition) is 0. The van der Waals surface area contributed by atoms with Gasteiger partial charge in [-0.25, -0.2) is 0 Å². The van der Waals surface area contributed by atoms with E-state index in [1.165, 1.54) is 0 Å². The lowest BCUT2D eigenvalue weighted by atomic mass is 10.1. The average Bonchev–Trinajstić information content (AvgIpc) is 2.68. The molecule has 2 aromatic rings. The van der Waals surface area contributed by atoms with Gasteiger partial charge in [0.1, 0.15) is 11.5 Å². The monoisotopic (exact) mass is 283 g/mol. The van der Waals surface area contributed by atoms with Gasteiger partial charge in [-0.3, -0.25) is 4.79 Å². The Morgan fingerprint density at radius 1 is 1.19 bits per heavy atom. The summed E-state index contributed by atoms with van der Waals surface area (Å²) in [5, 5.41) is 0. The number of para-hydroxylation sites is 1. The first-order valence-electron chi connectivity index (χ1n) is 6.87. The number of fused-ring (bicyclic) bond motifs is 1. The molecule has 4 nitrogen and oxygen atoms in total. The summed E-state index contributed by atoms with van der Waals surface area (Å²) in [5.41, 5.74) is 2.08. The van der Waals surface area contributed by atoms with E-state index in [0.29, 0.717) is 13.1 Å². The van der Waals surface area contributed by atoms with E-state index in [2.05, 4.69) is 0 Å². The lowest BCUT2D eigenvalue weighted by Crippen LogP contribution is -2.31. The third-order valence-corrected chi connectivity index (χ3v) is 3.55. The van der Waals surface area contributed by atoms with Crippen LogP contribution in [0.4, 0.5) is 0 Å². The summed E-state index contributed by atoms with van der Waals surface area (Å²) in [6.07, 6.45) is 0. The number of nitrogens with zero attached hydrogens (tertiary/aromatic N) is 1. The summed E-state index contributed by atoms with van der Waals surface area (Å²) in [4.78, 5) is 14.0. The maximum atomic E-state index is 12.2. The SMILES string of the molecule is COc1cccc(CN2Cc3ccccc3OCC2=O)c1. The van der Waals surface area contributed by atoms with Crippen molar-refractivity contribution in [2.45, 2.75) is 13.1 Å². The highest BCUT2D eigenvalue weighted by molar-refractivity contribution is 5.78. The molecule has 4 heteroatoms. The Kier molecular flexibility index (Phi) is 3.77. The van der Waals surface area contributed by atoms with Crippen LogP contribution in [-0.2, 0) is 17.9 Å². The number of methoxy groups -OCH3 is 1. The minimum Gasteiger partial charge on any atom is -0.497 e. The van der Waals surface area contributed by atoms with Crippen molar-refractivity contribution in [2.24, 2.45) is 0 Å². The molecule has 0 radical (unpaired) electrons. The van der Waals surface area contributed by atoms with E-state index < -0.39 is 0 Å². The normalized spacial score (nSPS) is 14.1. The number of hydrogen-bond acceptors (Lipinski definition) is 3. The number of amides is 1. The van der Waals surface area contributed by atoms with Crippen LogP contribution in [0.5, 0.6) is 11.5 Å². The Bertz CT molecular complexity index is 654. The average molecular weight is 283 g/mol. The zero-order valence-corrected chi connectivity index (χ0v) is 11.9. The highest BCUT2D eigenvalue weighted by Crippen LogP contribution is 2.24. The molecule has 0 atom stereocenters. The number of rotatable bonds is 3. The van der Waals surface area contributed by atoms with Crippen molar-refractivity contribution in [3.8, 4) is 11.5 Å². The molecule has 1 heterocycles. The highest BCUT2D eigenvalue weighted by atomic mass is 16.5. The van der Waals surface area contributed by atoms with Gasteiger partial charge >= 0.3 is 0 Å². The third-order valence-electron chi connectivity index (χ3n) is 3.55.